The predicted molar refractivity (Wildman–Crippen MR) is 78.0 cm³/mol. The molecule has 1 amide bonds. The van der Waals surface area contributed by atoms with E-state index in [-0.39, 0.29) is 12.3 Å². The molecule has 2 aromatic rings. The molecular weight excluding hydrogens is 268 g/mol. The first-order valence-electron chi connectivity index (χ1n) is 6.98. The monoisotopic (exact) mass is 284 g/mol. The topological polar surface area (TPSA) is 79.3 Å². The molecule has 1 saturated carbocycles. The number of benzene rings is 1. The zero-order valence-electron chi connectivity index (χ0n) is 11.5. The van der Waals surface area contributed by atoms with Crippen LogP contribution in [0.3, 0.4) is 0 Å². The van der Waals surface area contributed by atoms with E-state index in [0.717, 1.165) is 11.8 Å². The summed E-state index contributed by atoms with van der Waals surface area (Å²) in [6.45, 7) is 0. The van der Waals surface area contributed by atoms with Crippen molar-refractivity contribution < 1.29 is 14.7 Å². The number of nitrogens with zero attached hydrogens (tertiary/aromatic N) is 1. The molecule has 1 aromatic carbocycles. The van der Waals surface area contributed by atoms with Crippen LogP contribution in [0, 0.1) is 0 Å². The number of aromatic nitrogens is 1. The van der Waals surface area contributed by atoms with Crippen LogP contribution in [0.15, 0.2) is 36.5 Å². The van der Waals surface area contributed by atoms with Crippen molar-refractivity contribution in [1.29, 1.82) is 0 Å². The van der Waals surface area contributed by atoms with Gasteiger partial charge in [-0.25, -0.2) is 0 Å². The standard InChI is InChI=1S/C16H16N2O3/c19-13(20)10-16(7-3-8-16)18-15(21)12-6-1-4-11-5-2-9-17-14(11)12/h1-2,4-6,9H,3,7-8,10H2,(H,18,21)(H,19,20). The first-order valence-corrected chi connectivity index (χ1v) is 6.98. The van der Waals surface area contributed by atoms with E-state index in [0.29, 0.717) is 23.9 Å². The van der Waals surface area contributed by atoms with Crippen LogP contribution in [0.2, 0.25) is 0 Å². The van der Waals surface area contributed by atoms with Crippen molar-refractivity contribution in [3.05, 3.63) is 42.1 Å². The number of hydrogen-bond acceptors (Lipinski definition) is 3. The summed E-state index contributed by atoms with van der Waals surface area (Å²) in [6.07, 6.45) is 3.99. The Kier molecular flexibility index (Phi) is 3.33. The normalized spacial score (nSPS) is 16.2. The van der Waals surface area contributed by atoms with E-state index >= 15 is 0 Å². The van der Waals surface area contributed by atoms with E-state index in [1.807, 2.05) is 24.3 Å². The molecule has 5 heteroatoms. The van der Waals surface area contributed by atoms with E-state index in [2.05, 4.69) is 10.3 Å². The zero-order valence-corrected chi connectivity index (χ0v) is 11.5. The molecule has 0 unspecified atom stereocenters. The van der Waals surface area contributed by atoms with Crippen LogP contribution in [-0.2, 0) is 4.79 Å². The Labute approximate surface area is 122 Å². The highest BCUT2D eigenvalue weighted by molar-refractivity contribution is 6.05. The van der Waals surface area contributed by atoms with Gasteiger partial charge in [-0.2, -0.15) is 0 Å². The number of pyridine rings is 1. The molecule has 1 fully saturated rings. The van der Waals surface area contributed by atoms with Gasteiger partial charge in [0.15, 0.2) is 0 Å². The largest absolute Gasteiger partial charge is 0.481 e. The first kappa shape index (κ1) is 13.5. The molecule has 0 aliphatic heterocycles. The first-order chi connectivity index (χ1) is 10.1. The third-order valence-electron chi connectivity index (χ3n) is 4.06. The molecule has 2 N–H and O–H groups in total. The highest BCUT2D eigenvalue weighted by Gasteiger charge is 2.40. The van der Waals surface area contributed by atoms with Crippen LogP contribution in [0.4, 0.5) is 0 Å². The summed E-state index contributed by atoms with van der Waals surface area (Å²) in [5.41, 5.74) is 0.534. The molecule has 0 radical (unpaired) electrons. The fourth-order valence-electron chi connectivity index (χ4n) is 2.83. The molecule has 108 valence electrons. The number of fused-ring (bicyclic) bond motifs is 1. The van der Waals surface area contributed by atoms with Gasteiger partial charge in [-0.3, -0.25) is 14.6 Å². The van der Waals surface area contributed by atoms with Gasteiger partial charge in [0, 0.05) is 11.6 Å². The van der Waals surface area contributed by atoms with Gasteiger partial charge >= 0.3 is 5.97 Å². The van der Waals surface area contributed by atoms with Gasteiger partial charge < -0.3 is 10.4 Å². The molecule has 3 rings (SSSR count). The summed E-state index contributed by atoms with van der Waals surface area (Å²) in [5, 5.41) is 12.8. The number of amides is 1. The Morgan fingerprint density at radius 2 is 2.00 bits per heavy atom. The molecule has 5 nitrogen and oxygen atoms in total. The molecule has 21 heavy (non-hydrogen) atoms. The number of nitrogens with one attached hydrogen (secondary N) is 1. The number of aliphatic carboxylic acids is 1. The smallest absolute Gasteiger partial charge is 0.305 e. The lowest BCUT2D eigenvalue weighted by Gasteiger charge is -2.41. The molecule has 1 aliphatic rings. The van der Waals surface area contributed by atoms with Gasteiger partial charge in [0.25, 0.3) is 5.91 Å². The summed E-state index contributed by atoms with van der Waals surface area (Å²) < 4.78 is 0. The molecule has 1 heterocycles. The number of carbonyl (C=O) groups is 2. The molecule has 0 bridgehead atoms. The van der Waals surface area contributed by atoms with E-state index in [1.54, 1.807) is 12.3 Å². The Balaban J connectivity index is 1.89. The summed E-state index contributed by atoms with van der Waals surface area (Å²) >= 11 is 0. The van der Waals surface area contributed by atoms with Gasteiger partial charge in [0.05, 0.1) is 23.0 Å². The molecule has 0 saturated heterocycles. The van der Waals surface area contributed by atoms with Gasteiger partial charge in [-0.1, -0.05) is 18.2 Å². The van der Waals surface area contributed by atoms with Crippen molar-refractivity contribution in [3.8, 4) is 0 Å². The van der Waals surface area contributed by atoms with Crippen molar-refractivity contribution in [2.45, 2.75) is 31.2 Å². The van der Waals surface area contributed by atoms with Crippen molar-refractivity contribution >= 4 is 22.8 Å². The number of carbonyl (C=O) groups excluding carboxylic acids is 1. The SMILES string of the molecule is O=C(O)CC1(NC(=O)c2cccc3cccnc23)CCC1. The van der Waals surface area contributed by atoms with E-state index in [4.69, 9.17) is 5.11 Å². The molecule has 0 atom stereocenters. The van der Waals surface area contributed by atoms with Crippen LogP contribution in [0.1, 0.15) is 36.0 Å². The Morgan fingerprint density at radius 1 is 1.24 bits per heavy atom. The van der Waals surface area contributed by atoms with Crippen molar-refractivity contribution in [3.63, 3.8) is 0 Å². The number of carboxylic acid groups (broad SMARTS) is 1. The maximum atomic E-state index is 12.5. The quantitative estimate of drug-likeness (QED) is 0.903. The van der Waals surface area contributed by atoms with Crippen LogP contribution < -0.4 is 5.32 Å². The minimum atomic E-state index is -0.883. The van der Waals surface area contributed by atoms with Crippen LogP contribution >= 0.6 is 0 Å². The van der Waals surface area contributed by atoms with Crippen LogP contribution in [-0.4, -0.2) is 27.5 Å². The molecule has 1 aliphatic carbocycles. The Bertz CT molecular complexity index is 702. The maximum absolute atomic E-state index is 12.5. The second-order valence-electron chi connectivity index (χ2n) is 5.54. The maximum Gasteiger partial charge on any atom is 0.305 e. The minimum Gasteiger partial charge on any atom is -0.481 e. The van der Waals surface area contributed by atoms with Crippen molar-refractivity contribution in [2.75, 3.05) is 0 Å². The second-order valence-corrected chi connectivity index (χ2v) is 5.54. The number of carboxylic acids is 1. The van der Waals surface area contributed by atoms with Gasteiger partial charge in [0.1, 0.15) is 0 Å². The average molecular weight is 284 g/mol. The van der Waals surface area contributed by atoms with Crippen LogP contribution in [0.5, 0.6) is 0 Å². The zero-order chi connectivity index (χ0) is 14.9. The summed E-state index contributed by atoms with van der Waals surface area (Å²) in [5.74, 6) is -1.13. The highest BCUT2D eigenvalue weighted by Crippen LogP contribution is 2.35. The lowest BCUT2D eigenvalue weighted by Crippen LogP contribution is -2.54. The third-order valence-corrected chi connectivity index (χ3v) is 4.06. The van der Waals surface area contributed by atoms with Gasteiger partial charge in [-0.15, -0.1) is 0 Å². The van der Waals surface area contributed by atoms with Crippen molar-refractivity contribution in [1.82, 2.24) is 10.3 Å². The third kappa shape index (κ3) is 2.59. The highest BCUT2D eigenvalue weighted by atomic mass is 16.4. The molecular formula is C16H16N2O3. The average Bonchev–Trinajstić information content (AvgIpc) is 2.43. The number of para-hydroxylation sites is 1. The molecule has 1 aromatic heterocycles. The summed E-state index contributed by atoms with van der Waals surface area (Å²) in [6, 6.07) is 9.15. The van der Waals surface area contributed by atoms with E-state index in [1.165, 1.54) is 0 Å². The fourth-order valence-corrected chi connectivity index (χ4v) is 2.83. The number of rotatable bonds is 4. The van der Waals surface area contributed by atoms with Gasteiger partial charge in [-0.05, 0) is 31.4 Å². The fraction of sp³-hybridized carbons (Fsp3) is 0.312. The minimum absolute atomic E-state index is 0.0308. The Hall–Kier alpha value is -2.43. The van der Waals surface area contributed by atoms with Gasteiger partial charge in [0.2, 0.25) is 0 Å². The Morgan fingerprint density at radius 3 is 2.67 bits per heavy atom. The van der Waals surface area contributed by atoms with Crippen LogP contribution in [0.25, 0.3) is 10.9 Å². The number of hydrogen-bond donors (Lipinski definition) is 2. The lowest BCUT2D eigenvalue weighted by atomic mass is 9.74. The van der Waals surface area contributed by atoms with E-state index < -0.39 is 11.5 Å². The van der Waals surface area contributed by atoms with Crippen molar-refractivity contribution in [2.24, 2.45) is 0 Å². The van der Waals surface area contributed by atoms with E-state index in [9.17, 15) is 9.59 Å². The second kappa shape index (κ2) is 5.16. The predicted octanol–water partition coefficient (Wildman–Crippen LogP) is 2.36. The summed E-state index contributed by atoms with van der Waals surface area (Å²) in [4.78, 5) is 27.7. The summed E-state index contributed by atoms with van der Waals surface area (Å²) in [7, 11) is 0. The lowest BCUT2D eigenvalue weighted by molar-refractivity contribution is -0.139. The molecule has 0 spiro atoms.